The van der Waals surface area contributed by atoms with Crippen LogP contribution in [0.25, 0.3) is 0 Å². The Bertz CT molecular complexity index is 609. The van der Waals surface area contributed by atoms with Crippen molar-refractivity contribution in [2.45, 2.75) is 12.2 Å². The summed E-state index contributed by atoms with van der Waals surface area (Å²) >= 11 is 0. The first-order chi connectivity index (χ1) is 9.88. The van der Waals surface area contributed by atoms with E-state index < -0.39 is 23.7 Å². The minimum atomic E-state index is -4.40. The Morgan fingerprint density at radius 2 is 1.57 bits per heavy atom. The van der Waals surface area contributed by atoms with E-state index in [4.69, 9.17) is 5.73 Å². The number of nitrogens with two attached hydrogens (primary N) is 1. The molecule has 2 rings (SSSR count). The quantitative estimate of drug-likeness (QED) is 0.912. The lowest BCUT2D eigenvalue weighted by Gasteiger charge is -2.13. The van der Waals surface area contributed by atoms with Gasteiger partial charge in [0, 0.05) is 5.69 Å². The van der Waals surface area contributed by atoms with Crippen molar-refractivity contribution in [3.63, 3.8) is 0 Å². The molecule has 1 amide bonds. The number of nitrogens with one attached hydrogen (secondary N) is 1. The molecule has 0 heterocycles. The predicted molar refractivity (Wildman–Crippen MR) is 73.4 cm³/mol. The van der Waals surface area contributed by atoms with E-state index in [2.05, 4.69) is 5.32 Å². The van der Waals surface area contributed by atoms with Crippen LogP contribution >= 0.6 is 0 Å². The van der Waals surface area contributed by atoms with Gasteiger partial charge in [-0.25, -0.2) is 0 Å². The fraction of sp³-hybridized carbons (Fsp3) is 0.133. The lowest BCUT2D eigenvalue weighted by Crippen LogP contribution is -2.27. The van der Waals surface area contributed by atoms with Crippen molar-refractivity contribution in [1.29, 1.82) is 0 Å². The van der Waals surface area contributed by atoms with Gasteiger partial charge in [0.05, 0.1) is 5.56 Å². The Morgan fingerprint density at radius 1 is 1.00 bits per heavy atom. The maximum Gasteiger partial charge on any atom is 0.416 e. The maximum atomic E-state index is 12.4. The van der Waals surface area contributed by atoms with E-state index in [-0.39, 0.29) is 5.69 Å². The van der Waals surface area contributed by atoms with Crippen LogP contribution in [0.4, 0.5) is 18.9 Å². The van der Waals surface area contributed by atoms with E-state index in [1.165, 1.54) is 12.1 Å². The molecule has 0 aliphatic carbocycles. The zero-order valence-electron chi connectivity index (χ0n) is 10.9. The molecule has 2 aromatic rings. The number of hydrogen-bond acceptors (Lipinski definition) is 2. The van der Waals surface area contributed by atoms with Crippen LogP contribution < -0.4 is 11.1 Å². The zero-order valence-corrected chi connectivity index (χ0v) is 10.9. The summed E-state index contributed by atoms with van der Waals surface area (Å²) in [7, 11) is 0. The van der Waals surface area contributed by atoms with Crippen molar-refractivity contribution in [2.24, 2.45) is 5.73 Å². The third-order valence-corrected chi connectivity index (χ3v) is 2.92. The molecule has 1 atom stereocenters. The van der Waals surface area contributed by atoms with E-state index in [0.717, 1.165) is 12.1 Å². The summed E-state index contributed by atoms with van der Waals surface area (Å²) in [5.74, 6) is -0.485. The summed E-state index contributed by atoms with van der Waals surface area (Å²) in [5, 5.41) is 2.49. The summed E-state index contributed by atoms with van der Waals surface area (Å²) in [6.07, 6.45) is -4.40. The highest BCUT2D eigenvalue weighted by Gasteiger charge is 2.30. The van der Waals surface area contributed by atoms with Gasteiger partial charge in [-0.1, -0.05) is 30.3 Å². The maximum absolute atomic E-state index is 12.4. The highest BCUT2D eigenvalue weighted by molar-refractivity contribution is 5.95. The fourth-order valence-electron chi connectivity index (χ4n) is 1.77. The van der Waals surface area contributed by atoms with E-state index in [0.29, 0.717) is 5.56 Å². The summed E-state index contributed by atoms with van der Waals surface area (Å²) in [6.45, 7) is 0. The van der Waals surface area contributed by atoms with Crippen molar-refractivity contribution in [2.75, 3.05) is 5.32 Å². The Labute approximate surface area is 119 Å². The molecule has 0 aliphatic heterocycles. The minimum Gasteiger partial charge on any atom is -0.324 e. The molecule has 21 heavy (non-hydrogen) atoms. The first-order valence-corrected chi connectivity index (χ1v) is 6.16. The van der Waals surface area contributed by atoms with Gasteiger partial charge in [-0.05, 0) is 29.8 Å². The van der Waals surface area contributed by atoms with Gasteiger partial charge >= 0.3 is 6.18 Å². The Kier molecular flexibility index (Phi) is 4.28. The molecule has 6 heteroatoms. The lowest BCUT2D eigenvalue weighted by atomic mass is 10.1. The van der Waals surface area contributed by atoms with Crippen molar-refractivity contribution >= 4 is 11.6 Å². The van der Waals surface area contributed by atoms with Crippen LogP contribution in [-0.2, 0) is 11.0 Å². The highest BCUT2D eigenvalue weighted by atomic mass is 19.4. The predicted octanol–water partition coefficient (Wildman–Crippen LogP) is 3.34. The van der Waals surface area contributed by atoms with Crippen molar-refractivity contribution in [3.8, 4) is 0 Å². The molecular weight excluding hydrogens is 281 g/mol. The number of alkyl halides is 3. The average molecular weight is 294 g/mol. The first-order valence-electron chi connectivity index (χ1n) is 6.16. The van der Waals surface area contributed by atoms with Crippen LogP contribution in [0.5, 0.6) is 0 Å². The largest absolute Gasteiger partial charge is 0.416 e. The number of hydrogen-bond donors (Lipinski definition) is 2. The Balaban J connectivity index is 2.06. The molecule has 0 spiro atoms. The van der Waals surface area contributed by atoms with Crippen LogP contribution in [-0.4, -0.2) is 5.91 Å². The van der Waals surface area contributed by atoms with Gasteiger partial charge in [0.1, 0.15) is 6.04 Å². The standard InChI is InChI=1S/C15H13F3N2O/c16-15(17,18)11-6-8-12(9-7-11)20-14(21)13(19)10-4-2-1-3-5-10/h1-9,13H,19H2,(H,20,21). The number of anilines is 1. The molecule has 0 saturated carbocycles. The zero-order chi connectivity index (χ0) is 15.5. The molecule has 0 bridgehead atoms. The van der Waals surface area contributed by atoms with Crippen LogP contribution in [0.1, 0.15) is 17.2 Å². The molecule has 110 valence electrons. The van der Waals surface area contributed by atoms with E-state index in [1.807, 2.05) is 0 Å². The summed E-state index contributed by atoms with van der Waals surface area (Å²) in [6, 6.07) is 12.0. The molecule has 0 aromatic heterocycles. The normalized spacial score (nSPS) is 12.8. The monoisotopic (exact) mass is 294 g/mol. The number of amides is 1. The number of rotatable bonds is 3. The van der Waals surface area contributed by atoms with Crippen LogP contribution in [0.15, 0.2) is 54.6 Å². The van der Waals surface area contributed by atoms with Gasteiger partial charge in [0.15, 0.2) is 0 Å². The van der Waals surface area contributed by atoms with Crippen LogP contribution in [0.2, 0.25) is 0 Å². The second-order valence-corrected chi connectivity index (χ2v) is 4.45. The van der Waals surface area contributed by atoms with Crippen LogP contribution in [0, 0.1) is 0 Å². The smallest absolute Gasteiger partial charge is 0.324 e. The topological polar surface area (TPSA) is 55.1 Å². The first kappa shape index (κ1) is 15.1. The van der Waals surface area contributed by atoms with Crippen molar-refractivity contribution in [3.05, 3.63) is 65.7 Å². The minimum absolute atomic E-state index is 0.263. The molecule has 0 fully saturated rings. The number of carbonyl (C=O) groups is 1. The molecule has 0 aliphatic rings. The number of benzene rings is 2. The van der Waals surface area contributed by atoms with E-state index in [1.54, 1.807) is 30.3 Å². The van der Waals surface area contributed by atoms with E-state index in [9.17, 15) is 18.0 Å². The van der Waals surface area contributed by atoms with E-state index >= 15 is 0 Å². The molecule has 0 radical (unpaired) electrons. The van der Waals surface area contributed by atoms with Gasteiger partial charge in [-0.3, -0.25) is 4.79 Å². The van der Waals surface area contributed by atoms with Gasteiger partial charge in [-0.2, -0.15) is 13.2 Å². The number of carbonyl (C=O) groups excluding carboxylic acids is 1. The Hall–Kier alpha value is -2.34. The fourth-order valence-corrected chi connectivity index (χ4v) is 1.77. The third-order valence-electron chi connectivity index (χ3n) is 2.92. The lowest BCUT2D eigenvalue weighted by molar-refractivity contribution is -0.137. The molecule has 3 N–H and O–H groups in total. The van der Waals surface area contributed by atoms with Gasteiger partial charge in [0.2, 0.25) is 5.91 Å². The molecule has 1 unspecified atom stereocenters. The molecule has 3 nitrogen and oxygen atoms in total. The van der Waals surface area contributed by atoms with Gasteiger partial charge in [0.25, 0.3) is 0 Å². The average Bonchev–Trinajstić information content (AvgIpc) is 2.47. The summed E-state index contributed by atoms with van der Waals surface area (Å²) in [4.78, 5) is 11.9. The summed E-state index contributed by atoms with van der Waals surface area (Å²) in [5.41, 5.74) is 5.91. The third kappa shape index (κ3) is 3.82. The summed E-state index contributed by atoms with van der Waals surface area (Å²) < 4.78 is 37.3. The second-order valence-electron chi connectivity index (χ2n) is 4.45. The van der Waals surface area contributed by atoms with Crippen molar-refractivity contribution < 1.29 is 18.0 Å². The molecular formula is C15H13F3N2O. The molecule has 0 saturated heterocycles. The van der Waals surface area contributed by atoms with Crippen LogP contribution in [0.3, 0.4) is 0 Å². The van der Waals surface area contributed by atoms with Gasteiger partial charge in [-0.15, -0.1) is 0 Å². The van der Waals surface area contributed by atoms with Gasteiger partial charge < -0.3 is 11.1 Å². The van der Waals surface area contributed by atoms with Crippen molar-refractivity contribution in [1.82, 2.24) is 0 Å². The Morgan fingerprint density at radius 3 is 2.10 bits per heavy atom. The second kappa shape index (κ2) is 5.97. The number of halogens is 3. The highest BCUT2D eigenvalue weighted by Crippen LogP contribution is 2.29. The molecule has 2 aromatic carbocycles. The SMILES string of the molecule is NC(C(=O)Nc1ccc(C(F)(F)F)cc1)c1ccccc1.